The molecule has 3 rings (SSSR count). The number of nitrogen functional groups attached to an aromatic ring is 1. The van der Waals surface area contributed by atoms with Crippen molar-refractivity contribution in [1.29, 1.82) is 0 Å². The van der Waals surface area contributed by atoms with E-state index >= 15 is 0 Å². The predicted molar refractivity (Wildman–Crippen MR) is 106 cm³/mol. The minimum absolute atomic E-state index is 0. The van der Waals surface area contributed by atoms with Gasteiger partial charge in [0.15, 0.2) is 5.13 Å². The number of nitrogens with two attached hydrogens (primary N) is 1. The number of nitrogens with zero attached hydrogens (tertiary/aromatic N) is 3. The number of amides is 2. The van der Waals surface area contributed by atoms with E-state index in [1.54, 1.807) is 12.1 Å². The molecular formula is C16H21Cl2N5OS. The SMILES string of the molecule is Cl.Nc1ncc(CN2CCCN(C(=O)Nc3cccc(Cl)c3)CC2)s1. The fraction of sp³-hybridized carbons (Fsp3) is 0.375. The number of benzene rings is 1. The van der Waals surface area contributed by atoms with E-state index in [0.29, 0.717) is 22.4 Å². The van der Waals surface area contributed by atoms with Gasteiger partial charge in [-0.3, -0.25) is 4.90 Å². The smallest absolute Gasteiger partial charge is 0.321 e. The summed E-state index contributed by atoms with van der Waals surface area (Å²) in [6.07, 6.45) is 2.77. The summed E-state index contributed by atoms with van der Waals surface area (Å²) >= 11 is 7.47. The lowest BCUT2D eigenvalue weighted by molar-refractivity contribution is 0.211. The molecule has 3 N–H and O–H groups in total. The lowest BCUT2D eigenvalue weighted by Crippen LogP contribution is -2.37. The summed E-state index contributed by atoms with van der Waals surface area (Å²) in [4.78, 5) is 21.9. The monoisotopic (exact) mass is 401 g/mol. The van der Waals surface area contributed by atoms with Gasteiger partial charge in [-0.1, -0.05) is 17.7 Å². The molecule has 0 aliphatic carbocycles. The van der Waals surface area contributed by atoms with Crippen molar-refractivity contribution < 1.29 is 4.79 Å². The summed E-state index contributed by atoms with van der Waals surface area (Å²) < 4.78 is 0. The molecule has 0 bridgehead atoms. The fourth-order valence-corrected chi connectivity index (χ4v) is 3.63. The van der Waals surface area contributed by atoms with Crippen LogP contribution < -0.4 is 11.1 Å². The number of carbonyl (C=O) groups excluding carboxylic acids is 1. The Bertz CT molecular complexity index is 711. The van der Waals surface area contributed by atoms with Crippen molar-refractivity contribution in [3.05, 3.63) is 40.4 Å². The quantitative estimate of drug-likeness (QED) is 0.824. The van der Waals surface area contributed by atoms with Gasteiger partial charge in [0.25, 0.3) is 0 Å². The zero-order valence-corrected chi connectivity index (χ0v) is 16.0. The fourth-order valence-electron chi connectivity index (χ4n) is 2.72. The van der Waals surface area contributed by atoms with Crippen molar-refractivity contribution in [2.45, 2.75) is 13.0 Å². The van der Waals surface area contributed by atoms with E-state index in [4.69, 9.17) is 17.3 Å². The molecule has 9 heteroatoms. The van der Waals surface area contributed by atoms with Gasteiger partial charge in [-0.2, -0.15) is 0 Å². The lowest BCUT2D eigenvalue weighted by Gasteiger charge is -2.22. The Labute approximate surface area is 162 Å². The van der Waals surface area contributed by atoms with Crippen LogP contribution in [0, 0.1) is 0 Å². The van der Waals surface area contributed by atoms with Crippen molar-refractivity contribution in [2.24, 2.45) is 0 Å². The number of halogens is 2. The molecule has 0 radical (unpaired) electrons. The molecule has 0 saturated carbocycles. The van der Waals surface area contributed by atoms with E-state index in [2.05, 4.69) is 15.2 Å². The van der Waals surface area contributed by atoms with E-state index in [1.165, 1.54) is 11.3 Å². The molecule has 1 fully saturated rings. The molecule has 1 saturated heterocycles. The van der Waals surface area contributed by atoms with Gasteiger partial charge in [-0.05, 0) is 24.6 Å². The van der Waals surface area contributed by atoms with Crippen LogP contribution in [0.2, 0.25) is 5.02 Å². The molecule has 6 nitrogen and oxygen atoms in total. The van der Waals surface area contributed by atoms with E-state index < -0.39 is 0 Å². The Morgan fingerprint density at radius 2 is 2.16 bits per heavy atom. The topological polar surface area (TPSA) is 74.5 Å². The Hall–Kier alpha value is -1.54. The van der Waals surface area contributed by atoms with Gasteiger partial charge in [0.1, 0.15) is 0 Å². The highest BCUT2D eigenvalue weighted by atomic mass is 35.5. The number of hydrogen-bond acceptors (Lipinski definition) is 5. The molecular weight excluding hydrogens is 381 g/mol. The Morgan fingerprint density at radius 1 is 1.32 bits per heavy atom. The highest BCUT2D eigenvalue weighted by Crippen LogP contribution is 2.18. The number of thiazole rings is 1. The van der Waals surface area contributed by atoms with Gasteiger partial charge in [-0.15, -0.1) is 23.7 Å². The number of aromatic nitrogens is 1. The Kier molecular flexibility index (Phi) is 7.31. The maximum absolute atomic E-state index is 12.4. The zero-order chi connectivity index (χ0) is 16.9. The minimum atomic E-state index is -0.0823. The van der Waals surface area contributed by atoms with Gasteiger partial charge < -0.3 is 16.0 Å². The van der Waals surface area contributed by atoms with Gasteiger partial charge in [-0.25, -0.2) is 9.78 Å². The number of rotatable bonds is 3. The molecule has 2 aromatic rings. The maximum Gasteiger partial charge on any atom is 0.321 e. The normalized spacial score (nSPS) is 15.3. The van der Waals surface area contributed by atoms with Crippen molar-refractivity contribution in [1.82, 2.24) is 14.8 Å². The first kappa shape index (κ1) is 19.8. The van der Waals surface area contributed by atoms with E-state index in [0.717, 1.165) is 37.5 Å². The van der Waals surface area contributed by atoms with Crippen LogP contribution in [0.3, 0.4) is 0 Å². The van der Waals surface area contributed by atoms with E-state index in [-0.39, 0.29) is 18.4 Å². The zero-order valence-electron chi connectivity index (χ0n) is 13.7. The first-order chi connectivity index (χ1) is 11.6. The van der Waals surface area contributed by atoms with Gasteiger partial charge >= 0.3 is 6.03 Å². The van der Waals surface area contributed by atoms with Crippen LogP contribution in [-0.2, 0) is 6.54 Å². The van der Waals surface area contributed by atoms with Crippen LogP contribution in [0.15, 0.2) is 30.5 Å². The van der Waals surface area contributed by atoms with Crippen LogP contribution in [-0.4, -0.2) is 47.0 Å². The standard InChI is InChI=1S/C16H20ClN5OS.ClH/c17-12-3-1-4-13(9-12)20-16(23)22-6-2-5-21(7-8-22)11-14-10-19-15(18)24-14;/h1,3-4,9-10H,2,5-8,11H2,(H2,18,19)(H,20,23);1H. The third-order valence-corrected chi connectivity index (χ3v) is 4.95. The van der Waals surface area contributed by atoms with Gasteiger partial charge in [0.2, 0.25) is 0 Å². The molecule has 2 amide bonds. The predicted octanol–water partition coefficient (Wildman–Crippen LogP) is 3.54. The molecule has 136 valence electrons. The summed E-state index contributed by atoms with van der Waals surface area (Å²) in [5, 5.41) is 4.12. The number of urea groups is 1. The Morgan fingerprint density at radius 3 is 2.88 bits per heavy atom. The van der Waals surface area contributed by atoms with E-state index in [1.807, 2.05) is 23.2 Å². The first-order valence-corrected chi connectivity index (χ1v) is 9.03. The molecule has 1 aliphatic heterocycles. The summed E-state index contributed by atoms with van der Waals surface area (Å²) in [5.74, 6) is 0. The second kappa shape index (κ2) is 9.24. The average molecular weight is 402 g/mol. The molecule has 1 aliphatic rings. The summed E-state index contributed by atoms with van der Waals surface area (Å²) in [6, 6.07) is 7.11. The molecule has 25 heavy (non-hydrogen) atoms. The largest absolute Gasteiger partial charge is 0.375 e. The van der Waals surface area contributed by atoms with Crippen molar-refractivity contribution in [3.63, 3.8) is 0 Å². The van der Waals surface area contributed by atoms with Gasteiger partial charge in [0, 0.05) is 54.5 Å². The highest BCUT2D eigenvalue weighted by Gasteiger charge is 2.19. The van der Waals surface area contributed by atoms with E-state index in [9.17, 15) is 4.79 Å². The summed E-state index contributed by atoms with van der Waals surface area (Å²) in [7, 11) is 0. The average Bonchev–Trinajstić information content (AvgIpc) is 2.81. The third-order valence-electron chi connectivity index (χ3n) is 3.90. The van der Waals surface area contributed by atoms with Crippen LogP contribution >= 0.6 is 35.3 Å². The van der Waals surface area contributed by atoms with Crippen molar-refractivity contribution in [2.75, 3.05) is 37.2 Å². The number of hydrogen-bond donors (Lipinski definition) is 2. The number of nitrogens with one attached hydrogen (secondary N) is 1. The minimum Gasteiger partial charge on any atom is -0.375 e. The molecule has 0 atom stereocenters. The van der Waals surface area contributed by atoms with Crippen molar-refractivity contribution >= 4 is 52.2 Å². The second-order valence-corrected chi connectivity index (χ2v) is 7.31. The van der Waals surface area contributed by atoms with Crippen LogP contribution in [0.5, 0.6) is 0 Å². The van der Waals surface area contributed by atoms with Crippen molar-refractivity contribution in [3.8, 4) is 0 Å². The second-order valence-electron chi connectivity index (χ2n) is 5.72. The first-order valence-electron chi connectivity index (χ1n) is 7.84. The third kappa shape index (κ3) is 5.74. The maximum atomic E-state index is 12.4. The highest BCUT2D eigenvalue weighted by molar-refractivity contribution is 7.15. The summed E-state index contributed by atoms with van der Waals surface area (Å²) in [6.45, 7) is 4.06. The number of carbonyl (C=O) groups is 1. The number of anilines is 2. The Balaban J connectivity index is 0.00000225. The van der Waals surface area contributed by atoms with Crippen LogP contribution in [0.1, 0.15) is 11.3 Å². The molecule has 2 heterocycles. The molecule has 1 aromatic heterocycles. The molecule has 1 aromatic carbocycles. The molecule has 0 spiro atoms. The lowest BCUT2D eigenvalue weighted by atomic mass is 10.3. The van der Waals surface area contributed by atoms with Crippen LogP contribution in [0.4, 0.5) is 15.6 Å². The molecule has 0 unspecified atom stereocenters. The summed E-state index contributed by atoms with van der Waals surface area (Å²) in [5.41, 5.74) is 6.40. The van der Waals surface area contributed by atoms with Gasteiger partial charge in [0.05, 0.1) is 0 Å². The van der Waals surface area contributed by atoms with Crippen LogP contribution in [0.25, 0.3) is 0 Å².